The van der Waals surface area contributed by atoms with Crippen molar-refractivity contribution < 1.29 is 13.2 Å². The number of nitrogens with zero attached hydrogens (tertiary/aromatic N) is 1. The van der Waals surface area contributed by atoms with Crippen LogP contribution in [-0.2, 0) is 16.6 Å². The smallest absolute Gasteiger partial charge is 0.251 e. The Morgan fingerprint density at radius 2 is 1.69 bits per heavy atom. The summed E-state index contributed by atoms with van der Waals surface area (Å²) in [5, 5.41) is 2.89. The Morgan fingerprint density at radius 1 is 1.04 bits per heavy atom. The molecule has 2 aromatic carbocycles. The van der Waals surface area contributed by atoms with Gasteiger partial charge in [0.1, 0.15) is 0 Å². The maximum Gasteiger partial charge on any atom is 0.251 e. The van der Waals surface area contributed by atoms with E-state index in [1.54, 1.807) is 24.3 Å². The van der Waals surface area contributed by atoms with Crippen LogP contribution < -0.4 is 5.32 Å². The molecule has 1 fully saturated rings. The zero-order valence-electron chi connectivity index (χ0n) is 15.2. The van der Waals surface area contributed by atoms with E-state index in [2.05, 4.69) is 5.32 Å². The van der Waals surface area contributed by atoms with E-state index >= 15 is 0 Å². The first-order valence-electron chi connectivity index (χ1n) is 8.82. The maximum atomic E-state index is 12.5. The zero-order valence-corrected chi connectivity index (χ0v) is 16.0. The largest absolute Gasteiger partial charge is 0.348 e. The van der Waals surface area contributed by atoms with Crippen molar-refractivity contribution in [2.45, 2.75) is 38.1 Å². The van der Waals surface area contributed by atoms with Crippen LogP contribution >= 0.6 is 0 Å². The fraction of sp³-hybridized carbons (Fsp3) is 0.350. The van der Waals surface area contributed by atoms with Gasteiger partial charge in [-0.1, -0.05) is 29.8 Å². The van der Waals surface area contributed by atoms with Gasteiger partial charge in [-0.2, -0.15) is 4.31 Å². The van der Waals surface area contributed by atoms with Crippen LogP contribution in [0, 0.1) is 13.8 Å². The second kappa shape index (κ2) is 7.60. The molecule has 6 heteroatoms. The average molecular weight is 372 g/mol. The number of carbonyl (C=O) groups excluding carboxylic acids is 1. The molecule has 3 rings (SSSR count). The molecule has 1 heterocycles. The Kier molecular flexibility index (Phi) is 5.44. The molecule has 1 saturated heterocycles. The highest BCUT2D eigenvalue weighted by molar-refractivity contribution is 7.89. The molecule has 0 unspecified atom stereocenters. The predicted octanol–water partition coefficient (Wildman–Crippen LogP) is 3.02. The number of amides is 1. The summed E-state index contributed by atoms with van der Waals surface area (Å²) < 4.78 is 26.6. The molecule has 0 spiro atoms. The Bertz CT molecular complexity index is 899. The first-order valence-corrected chi connectivity index (χ1v) is 10.3. The van der Waals surface area contributed by atoms with Crippen LogP contribution in [0.2, 0.25) is 0 Å². The summed E-state index contributed by atoms with van der Waals surface area (Å²) in [5.74, 6) is -0.128. The minimum atomic E-state index is -3.39. The van der Waals surface area contributed by atoms with Gasteiger partial charge in [-0.05, 0) is 56.0 Å². The van der Waals surface area contributed by atoms with Gasteiger partial charge < -0.3 is 5.32 Å². The van der Waals surface area contributed by atoms with Crippen molar-refractivity contribution in [1.82, 2.24) is 9.62 Å². The lowest BCUT2D eigenvalue weighted by Gasteiger charge is -2.15. The molecule has 0 radical (unpaired) electrons. The third-order valence-electron chi connectivity index (χ3n) is 4.71. The topological polar surface area (TPSA) is 66.5 Å². The third kappa shape index (κ3) is 3.97. The van der Waals surface area contributed by atoms with Gasteiger partial charge in [0, 0.05) is 25.2 Å². The Morgan fingerprint density at radius 3 is 2.31 bits per heavy atom. The molecule has 2 aromatic rings. The van der Waals surface area contributed by atoms with Crippen molar-refractivity contribution in [3.05, 3.63) is 64.7 Å². The summed E-state index contributed by atoms with van der Waals surface area (Å²) in [4.78, 5) is 12.6. The molecule has 0 bridgehead atoms. The molecule has 5 nitrogen and oxygen atoms in total. The SMILES string of the molecule is Cc1ccc(C(=O)NCc2ccc(S(=O)(=O)N3CCCC3)cc2)c(C)c1. The predicted molar refractivity (Wildman–Crippen MR) is 102 cm³/mol. The highest BCUT2D eigenvalue weighted by Crippen LogP contribution is 2.21. The van der Waals surface area contributed by atoms with Crippen molar-refractivity contribution in [2.24, 2.45) is 0 Å². The van der Waals surface area contributed by atoms with Crippen LogP contribution in [0.5, 0.6) is 0 Å². The first-order chi connectivity index (χ1) is 12.4. The molecule has 26 heavy (non-hydrogen) atoms. The number of sulfonamides is 1. The lowest BCUT2D eigenvalue weighted by atomic mass is 10.1. The number of hydrogen-bond donors (Lipinski definition) is 1. The maximum absolute atomic E-state index is 12.5. The van der Waals surface area contributed by atoms with E-state index in [1.165, 1.54) is 4.31 Å². The van der Waals surface area contributed by atoms with Gasteiger partial charge in [0.25, 0.3) is 5.91 Å². The van der Waals surface area contributed by atoms with E-state index < -0.39 is 10.0 Å². The van der Waals surface area contributed by atoms with E-state index in [9.17, 15) is 13.2 Å². The van der Waals surface area contributed by atoms with Crippen LogP contribution in [0.4, 0.5) is 0 Å². The second-order valence-corrected chi connectivity index (χ2v) is 8.69. The summed E-state index contributed by atoms with van der Waals surface area (Å²) >= 11 is 0. The quantitative estimate of drug-likeness (QED) is 0.877. The average Bonchev–Trinajstić information content (AvgIpc) is 3.15. The minimum Gasteiger partial charge on any atom is -0.348 e. The highest BCUT2D eigenvalue weighted by atomic mass is 32.2. The summed E-state index contributed by atoms with van der Waals surface area (Å²) in [6, 6.07) is 12.5. The van der Waals surface area contributed by atoms with E-state index in [1.807, 2.05) is 32.0 Å². The van der Waals surface area contributed by atoms with Gasteiger partial charge in [0.05, 0.1) is 4.90 Å². The summed E-state index contributed by atoms with van der Waals surface area (Å²) in [6.45, 7) is 5.45. The first kappa shape index (κ1) is 18.6. The lowest BCUT2D eigenvalue weighted by molar-refractivity contribution is 0.0950. The van der Waals surface area contributed by atoms with Crippen molar-refractivity contribution in [3.8, 4) is 0 Å². The van der Waals surface area contributed by atoms with Gasteiger partial charge in [-0.25, -0.2) is 8.42 Å². The van der Waals surface area contributed by atoms with Crippen molar-refractivity contribution in [3.63, 3.8) is 0 Å². The summed E-state index contributed by atoms with van der Waals surface area (Å²) in [6.07, 6.45) is 1.84. The van der Waals surface area contributed by atoms with E-state index in [0.717, 1.165) is 29.5 Å². The molecule has 0 atom stereocenters. The van der Waals surface area contributed by atoms with Gasteiger partial charge in [0.2, 0.25) is 10.0 Å². The molecular weight excluding hydrogens is 348 g/mol. The summed E-state index contributed by atoms with van der Waals surface area (Å²) in [5.41, 5.74) is 3.58. The highest BCUT2D eigenvalue weighted by Gasteiger charge is 2.26. The molecule has 138 valence electrons. The van der Waals surface area contributed by atoms with Crippen LogP contribution in [0.25, 0.3) is 0 Å². The molecule has 1 aliphatic heterocycles. The van der Waals surface area contributed by atoms with Gasteiger partial charge in [0.15, 0.2) is 0 Å². The molecule has 1 aliphatic rings. The number of nitrogens with one attached hydrogen (secondary N) is 1. The van der Waals surface area contributed by atoms with Crippen LogP contribution in [0.3, 0.4) is 0 Å². The Hall–Kier alpha value is -2.18. The lowest BCUT2D eigenvalue weighted by Crippen LogP contribution is -2.28. The van der Waals surface area contributed by atoms with Crippen molar-refractivity contribution in [2.75, 3.05) is 13.1 Å². The fourth-order valence-electron chi connectivity index (χ4n) is 3.20. The monoisotopic (exact) mass is 372 g/mol. The zero-order chi connectivity index (χ0) is 18.7. The number of hydrogen-bond acceptors (Lipinski definition) is 3. The number of rotatable bonds is 5. The van der Waals surface area contributed by atoms with E-state index in [0.29, 0.717) is 30.1 Å². The van der Waals surface area contributed by atoms with E-state index in [4.69, 9.17) is 0 Å². The number of carbonyl (C=O) groups is 1. The van der Waals surface area contributed by atoms with Gasteiger partial charge >= 0.3 is 0 Å². The molecular formula is C20H24N2O3S. The van der Waals surface area contributed by atoms with Gasteiger partial charge in [-0.3, -0.25) is 4.79 Å². The Balaban J connectivity index is 1.65. The number of benzene rings is 2. The van der Waals surface area contributed by atoms with Crippen LogP contribution in [-0.4, -0.2) is 31.7 Å². The minimum absolute atomic E-state index is 0.128. The summed E-state index contributed by atoms with van der Waals surface area (Å²) in [7, 11) is -3.39. The number of aryl methyl sites for hydroxylation is 2. The Labute approximate surface area is 155 Å². The normalized spacial score (nSPS) is 15.2. The second-order valence-electron chi connectivity index (χ2n) is 6.76. The van der Waals surface area contributed by atoms with Crippen LogP contribution in [0.1, 0.15) is 39.9 Å². The molecule has 1 amide bonds. The third-order valence-corrected chi connectivity index (χ3v) is 6.62. The van der Waals surface area contributed by atoms with Gasteiger partial charge in [-0.15, -0.1) is 0 Å². The molecule has 0 aromatic heterocycles. The van der Waals surface area contributed by atoms with Crippen molar-refractivity contribution >= 4 is 15.9 Å². The van der Waals surface area contributed by atoms with Crippen LogP contribution in [0.15, 0.2) is 47.4 Å². The molecule has 0 aliphatic carbocycles. The molecule has 1 N–H and O–H groups in total. The fourth-order valence-corrected chi connectivity index (χ4v) is 4.72. The molecule has 0 saturated carbocycles. The van der Waals surface area contributed by atoms with Crippen molar-refractivity contribution in [1.29, 1.82) is 0 Å². The van der Waals surface area contributed by atoms with E-state index in [-0.39, 0.29) is 5.91 Å². The standard InChI is InChI=1S/C20H24N2O3S/c1-15-5-10-19(16(2)13-15)20(23)21-14-17-6-8-18(9-7-17)26(24,25)22-11-3-4-12-22/h5-10,13H,3-4,11-12,14H2,1-2H3,(H,21,23).